The van der Waals surface area contributed by atoms with Crippen LogP contribution >= 0.6 is 11.3 Å². The highest BCUT2D eigenvalue weighted by Crippen LogP contribution is 2.30. The third-order valence-corrected chi connectivity index (χ3v) is 7.43. The molecule has 0 aliphatic carbocycles. The number of pyridine rings is 1. The molecule has 1 aromatic carbocycles. The molecule has 0 spiro atoms. The number of thiophene rings is 1. The van der Waals surface area contributed by atoms with Crippen LogP contribution in [0.4, 0.5) is 0 Å². The maximum Gasteiger partial charge on any atom is 0.244 e. The third kappa shape index (κ3) is 4.90. The average molecular weight is 399 g/mol. The molecule has 1 amide bonds. The Morgan fingerprint density at radius 1 is 1.11 bits per heavy atom. The van der Waals surface area contributed by atoms with Crippen molar-refractivity contribution in [3.63, 3.8) is 0 Å². The molecule has 0 bridgehead atoms. The first-order valence-corrected chi connectivity index (χ1v) is 10.7. The van der Waals surface area contributed by atoms with Crippen molar-refractivity contribution in [1.82, 2.24) is 10.3 Å². The predicted molar refractivity (Wildman–Crippen MR) is 107 cm³/mol. The first-order valence-electron chi connectivity index (χ1n) is 8.25. The van der Waals surface area contributed by atoms with E-state index >= 15 is 0 Å². The number of carbonyl (C=O) groups is 1. The van der Waals surface area contributed by atoms with Crippen molar-refractivity contribution in [2.24, 2.45) is 0 Å². The number of benzene rings is 1. The normalized spacial score (nSPS) is 12.7. The zero-order valence-electron chi connectivity index (χ0n) is 14.4. The minimum absolute atomic E-state index is 0.0378. The highest BCUT2D eigenvalue weighted by Gasteiger charge is 2.30. The molecule has 0 unspecified atom stereocenters. The first kappa shape index (κ1) is 19.0. The van der Waals surface area contributed by atoms with Crippen molar-refractivity contribution in [1.29, 1.82) is 0 Å². The molecular weight excluding hydrogens is 380 g/mol. The molecule has 2 aromatic heterocycles. The molecule has 1 atom stereocenters. The summed E-state index contributed by atoms with van der Waals surface area (Å²) in [5.74, 6) is -0.353. The molecule has 7 heteroatoms. The Balaban J connectivity index is 1.77. The molecule has 0 fully saturated rings. The van der Waals surface area contributed by atoms with Gasteiger partial charge in [-0.15, -0.1) is 11.3 Å². The third-order valence-electron chi connectivity index (χ3n) is 3.89. The van der Waals surface area contributed by atoms with Crippen molar-refractivity contribution < 1.29 is 13.2 Å². The van der Waals surface area contributed by atoms with Crippen LogP contribution in [0.5, 0.6) is 0 Å². The molecule has 27 heavy (non-hydrogen) atoms. The highest BCUT2D eigenvalue weighted by molar-refractivity contribution is 7.93. The van der Waals surface area contributed by atoms with Crippen molar-refractivity contribution >= 4 is 33.2 Å². The van der Waals surface area contributed by atoms with Crippen molar-refractivity contribution in [3.8, 4) is 0 Å². The topological polar surface area (TPSA) is 76.1 Å². The zero-order valence-corrected chi connectivity index (χ0v) is 16.0. The Morgan fingerprint density at radius 3 is 2.59 bits per heavy atom. The van der Waals surface area contributed by atoms with Gasteiger partial charge < -0.3 is 5.32 Å². The zero-order chi connectivity index (χ0) is 19.1. The predicted octanol–water partition coefficient (Wildman–Crippen LogP) is 3.49. The summed E-state index contributed by atoms with van der Waals surface area (Å²) in [6.45, 7) is -0.0378. The Kier molecular flexibility index (Phi) is 6.16. The lowest BCUT2D eigenvalue weighted by molar-refractivity contribution is -0.116. The number of aromatic nitrogens is 1. The van der Waals surface area contributed by atoms with E-state index in [0.717, 1.165) is 16.9 Å². The van der Waals surface area contributed by atoms with Gasteiger partial charge in [0.25, 0.3) is 0 Å². The molecule has 3 aromatic rings. The number of nitrogens with zero attached hydrogens (tertiary/aromatic N) is 1. The van der Waals surface area contributed by atoms with Gasteiger partial charge in [0.1, 0.15) is 9.46 Å². The molecule has 3 rings (SSSR count). The van der Waals surface area contributed by atoms with E-state index in [1.165, 1.54) is 12.3 Å². The van der Waals surface area contributed by atoms with Crippen LogP contribution in [0.15, 0.2) is 82.7 Å². The van der Waals surface area contributed by atoms with E-state index in [2.05, 4.69) is 10.3 Å². The van der Waals surface area contributed by atoms with Gasteiger partial charge in [-0.25, -0.2) is 8.42 Å². The number of amides is 1. The molecule has 0 saturated heterocycles. The number of hydrogen-bond donors (Lipinski definition) is 1. The number of nitrogens with one attached hydrogen (secondary N) is 1. The summed E-state index contributed by atoms with van der Waals surface area (Å²) in [6.07, 6.45) is 6.18. The minimum atomic E-state index is -3.63. The molecule has 0 aliphatic rings. The highest BCUT2D eigenvalue weighted by atomic mass is 32.2. The first-order chi connectivity index (χ1) is 13.1. The minimum Gasteiger partial charge on any atom is -0.351 e. The van der Waals surface area contributed by atoms with Gasteiger partial charge in [-0.3, -0.25) is 9.78 Å². The van der Waals surface area contributed by atoms with Crippen LogP contribution in [0.25, 0.3) is 6.08 Å². The molecule has 1 N–H and O–H groups in total. The second kappa shape index (κ2) is 8.75. The van der Waals surface area contributed by atoms with Gasteiger partial charge in [0, 0.05) is 25.0 Å². The van der Waals surface area contributed by atoms with Crippen LogP contribution in [0, 0.1) is 0 Å². The summed E-state index contributed by atoms with van der Waals surface area (Å²) >= 11 is 1.16. The maximum absolute atomic E-state index is 13.0. The van der Waals surface area contributed by atoms with E-state index < -0.39 is 15.1 Å². The van der Waals surface area contributed by atoms with Crippen LogP contribution in [0.1, 0.15) is 16.4 Å². The van der Waals surface area contributed by atoms with E-state index in [9.17, 15) is 13.2 Å². The summed E-state index contributed by atoms with van der Waals surface area (Å²) < 4.78 is 26.3. The van der Waals surface area contributed by atoms with Crippen LogP contribution in [-0.2, 0) is 14.6 Å². The quantitative estimate of drug-likeness (QED) is 0.618. The summed E-state index contributed by atoms with van der Waals surface area (Å²) in [4.78, 5) is 16.2. The maximum atomic E-state index is 13.0. The molecule has 0 saturated carbocycles. The molecule has 5 nitrogen and oxygen atoms in total. The summed E-state index contributed by atoms with van der Waals surface area (Å²) in [7, 11) is -3.63. The fourth-order valence-electron chi connectivity index (χ4n) is 2.53. The van der Waals surface area contributed by atoms with Crippen LogP contribution in [-0.4, -0.2) is 25.9 Å². The monoisotopic (exact) mass is 398 g/mol. The molecule has 0 aliphatic heterocycles. The van der Waals surface area contributed by atoms with Crippen molar-refractivity contribution in [3.05, 3.63) is 89.6 Å². The lowest BCUT2D eigenvalue weighted by atomic mass is 10.2. The summed E-state index contributed by atoms with van der Waals surface area (Å²) in [5.41, 5.74) is 1.43. The number of sulfone groups is 1. The van der Waals surface area contributed by atoms with E-state index in [-0.39, 0.29) is 16.7 Å². The van der Waals surface area contributed by atoms with Crippen LogP contribution in [0.3, 0.4) is 0 Å². The van der Waals surface area contributed by atoms with Crippen LogP contribution in [0.2, 0.25) is 0 Å². The lowest BCUT2D eigenvalue weighted by Crippen LogP contribution is -2.30. The van der Waals surface area contributed by atoms with Gasteiger partial charge in [-0.1, -0.05) is 42.5 Å². The van der Waals surface area contributed by atoms with Gasteiger partial charge in [-0.2, -0.15) is 0 Å². The molecule has 138 valence electrons. The van der Waals surface area contributed by atoms with E-state index in [4.69, 9.17) is 0 Å². The van der Waals surface area contributed by atoms with Gasteiger partial charge in [0.05, 0.1) is 0 Å². The van der Waals surface area contributed by atoms with Gasteiger partial charge in [-0.05, 0) is 34.7 Å². The van der Waals surface area contributed by atoms with Crippen molar-refractivity contribution in [2.75, 3.05) is 6.54 Å². The van der Waals surface area contributed by atoms with E-state index in [0.29, 0.717) is 5.56 Å². The number of rotatable bonds is 7. The Bertz CT molecular complexity index is 1000. The fraction of sp³-hybridized carbons (Fsp3) is 0.100. The molecule has 2 heterocycles. The SMILES string of the molecule is O=C(/C=C/c1ccccc1)NC[C@@H](c1cccnc1)S(=O)(=O)c1cccs1. The number of carbonyl (C=O) groups excluding carboxylic acids is 1. The molecular formula is C20H18N2O3S2. The molecule has 0 radical (unpaired) electrons. The van der Waals surface area contributed by atoms with Crippen LogP contribution < -0.4 is 5.32 Å². The standard InChI is InChI=1S/C20H18N2O3S2/c23-19(11-10-16-6-2-1-3-7-16)22-15-18(17-8-4-12-21-14-17)27(24,25)20-9-5-13-26-20/h1-14,18H,15H2,(H,22,23)/b11-10+/t18-/m0/s1. The van der Waals surface area contributed by atoms with Gasteiger partial charge >= 0.3 is 0 Å². The largest absolute Gasteiger partial charge is 0.351 e. The number of hydrogen-bond acceptors (Lipinski definition) is 5. The summed E-state index contributed by atoms with van der Waals surface area (Å²) in [6, 6.07) is 16.1. The van der Waals surface area contributed by atoms with Crippen molar-refractivity contribution in [2.45, 2.75) is 9.46 Å². The lowest BCUT2D eigenvalue weighted by Gasteiger charge is -2.17. The van der Waals surface area contributed by atoms with Gasteiger partial charge in [0.15, 0.2) is 9.84 Å². The second-order valence-electron chi connectivity index (χ2n) is 5.74. The Morgan fingerprint density at radius 2 is 1.93 bits per heavy atom. The second-order valence-corrected chi connectivity index (χ2v) is 9.05. The van der Waals surface area contributed by atoms with E-state index in [1.54, 1.807) is 41.9 Å². The fourth-order valence-corrected chi connectivity index (χ4v) is 5.38. The smallest absolute Gasteiger partial charge is 0.244 e. The van der Waals surface area contributed by atoms with E-state index in [1.807, 2.05) is 30.3 Å². The Labute approximate surface area is 162 Å². The van der Waals surface area contributed by atoms with Gasteiger partial charge in [0.2, 0.25) is 5.91 Å². The Hall–Kier alpha value is -2.77. The summed E-state index contributed by atoms with van der Waals surface area (Å²) in [5, 5.41) is 3.50. The average Bonchev–Trinajstić information content (AvgIpc) is 3.24.